The van der Waals surface area contributed by atoms with Gasteiger partial charge in [-0.3, -0.25) is 0 Å². The predicted molar refractivity (Wildman–Crippen MR) is 87.2 cm³/mol. The van der Waals surface area contributed by atoms with Gasteiger partial charge in [-0.15, -0.1) is 0 Å². The van der Waals surface area contributed by atoms with Crippen molar-refractivity contribution in [2.45, 2.75) is 32.6 Å². The maximum atomic E-state index is 5.46. The minimum atomic E-state index is 0.407. The van der Waals surface area contributed by atoms with Gasteiger partial charge in [0.05, 0.1) is 0 Å². The highest BCUT2D eigenvalue weighted by Crippen LogP contribution is 2.17. The molecule has 0 amide bonds. The molecule has 1 atom stereocenters. The SMILES string of the molecule is CCCc1nc(NN)cc(NCC(C)c2ccccc2)n1. The highest BCUT2D eigenvalue weighted by molar-refractivity contribution is 5.47. The fourth-order valence-corrected chi connectivity index (χ4v) is 2.15. The maximum Gasteiger partial charge on any atom is 0.145 e. The number of nitrogens with one attached hydrogen (secondary N) is 2. The molecule has 0 fully saturated rings. The third-order valence-corrected chi connectivity index (χ3v) is 3.35. The van der Waals surface area contributed by atoms with Crippen LogP contribution in [0.5, 0.6) is 0 Å². The Morgan fingerprint density at radius 3 is 2.52 bits per heavy atom. The molecule has 0 saturated carbocycles. The summed E-state index contributed by atoms with van der Waals surface area (Å²) >= 11 is 0. The summed E-state index contributed by atoms with van der Waals surface area (Å²) in [6.45, 7) is 5.12. The summed E-state index contributed by atoms with van der Waals surface area (Å²) in [4.78, 5) is 8.86. The van der Waals surface area contributed by atoms with Gasteiger partial charge in [0.25, 0.3) is 0 Å². The fraction of sp³-hybridized carbons (Fsp3) is 0.375. The Bertz CT molecular complexity index is 556. The number of hydrazine groups is 1. The van der Waals surface area contributed by atoms with E-state index in [4.69, 9.17) is 5.84 Å². The van der Waals surface area contributed by atoms with Gasteiger partial charge in [0.1, 0.15) is 17.5 Å². The van der Waals surface area contributed by atoms with Crippen LogP contribution in [0, 0.1) is 0 Å². The lowest BCUT2D eigenvalue weighted by Gasteiger charge is -2.14. The number of aromatic nitrogens is 2. The van der Waals surface area contributed by atoms with Crippen LogP contribution in [0.3, 0.4) is 0 Å². The Hall–Kier alpha value is -2.14. The molecule has 21 heavy (non-hydrogen) atoms. The number of hydrogen-bond acceptors (Lipinski definition) is 5. The zero-order valence-corrected chi connectivity index (χ0v) is 12.6. The van der Waals surface area contributed by atoms with Crippen molar-refractivity contribution < 1.29 is 0 Å². The molecular formula is C16H23N5. The van der Waals surface area contributed by atoms with Gasteiger partial charge in [0.15, 0.2) is 0 Å². The predicted octanol–water partition coefficient (Wildman–Crippen LogP) is 2.93. The number of nitrogens with two attached hydrogens (primary N) is 1. The lowest BCUT2D eigenvalue weighted by molar-refractivity contribution is 0.792. The van der Waals surface area contributed by atoms with E-state index in [1.165, 1.54) is 5.56 Å². The fourth-order valence-electron chi connectivity index (χ4n) is 2.15. The Morgan fingerprint density at radius 1 is 1.14 bits per heavy atom. The van der Waals surface area contributed by atoms with E-state index in [0.29, 0.717) is 11.7 Å². The zero-order valence-electron chi connectivity index (χ0n) is 12.6. The zero-order chi connectivity index (χ0) is 15.1. The monoisotopic (exact) mass is 285 g/mol. The second-order valence-electron chi connectivity index (χ2n) is 5.14. The summed E-state index contributed by atoms with van der Waals surface area (Å²) in [5.74, 6) is 8.13. The van der Waals surface area contributed by atoms with Crippen molar-refractivity contribution in [3.8, 4) is 0 Å². The lowest BCUT2D eigenvalue weighted by Crippen LogP contribution is -2.14. The summed E-state index contributed by atoms with van der Waals surface area (Å²) in [6.07, 6.45) is 1.85. The van der Waals surface area contributed by atoms with Crippen LogP contribution in [0.4, 0.5) is 11.6 Å². The average Bonchev–Trinajstić information content (AvgIpc) is 2.53. The van der Waals surface area contributed by atoms with Crippen molar-refractivity contribution in [3.05, 3.63) is 47.8 Å². The Balaban J connectivity index is 2.03. The van der Waals surface area contributed by atoms with Crippen molar-refractivity contribution in [3.63, 3.8) is 0 Å². The van der Waals surface area contributed by atoms with Crippen LogP contribution in [-0.2, 0) is 6.42 Å². The molecule has 0 saturated heterocycles. The summed E-state index contributed by atoms with van der Waals surface area (Å²) in [5, 5.41) is 3.37. The largest absolute Gasteiger partial charge is 0.369 e. The number of hydrogen-bond donors (Lipinski definition) is 3. The number of nitrogen functional groups attached to an aromatic ring is 1. The van der Waals surface area contributed by atoms with E-state index in [1.54, 1.807) is 0 Å². The first-order valence-corrected chi connectivity index (χ1v) is 7.36. The van der Waals surface area contributed by atoms with Crippen LogP contribution in [0.2, 0.25) is 0 Å². The topological polar surface area (TPSA) is 75.9 Å². The standard InChI is InChI=1S/C16H23N5/c1-3-7-14-19-15(10-16(20-14)21-17)18-11-12(2)13-8-5-4-6-9-13/h4-6,8-10,12H,3,7,11,17H2,1-2H3,(H2,18,19,20,21). The van der Waals surface area contributed by atoms with Gasteiger partial charge in [-0.05, 0) is 17.9 Å². The first-order valence-electron chi connectivity index (χ1n) is 7.36. The molecule has 5 heteroatoms. The molecule has 1 heterocycles. The van der Waals surface area contributed by atoms with E-state index in [2.05, 4.69) is 58.8 Å². The van der Waals surface area contributed by atoms with Crippen molar-refractivity contribution in [2.24, 2.45) is 5.84 Å². The Morgan fingerprint density at radius 2 is 1.86 bits per heavy atom. The molecule has 0 aliphatic rings. The van der Waals surface area contributed by atoms with E-state index in [-0.39, 0.29) is 0 Å². The Kier molecular flexibility index (Phi) is 5.51. The molecule has 0 radical (unpaired) electrons. The molecule has 1 unspecified atom stereocenters. The van der Waals surface area contributed by atoms with E-state index < -0.39 is 0 Å². The van der Waals surface area contributed by atoms with Crippen LogP contribution >= 0.6 is 0 Å². The van der Waals surface area contributed by atoms with Crippen molar-refractivity contribution in [1.82, 2.24) is 9.97 Å². The second kappa shape index (κ2) is 7.59. The summed E-state index contributed by atoms with van der Waals surface area (Å²) in [5.41, 5.74) is 3.90. The molecule has 112 valence electrons. The van der Waals surface area contributed by atoms with E-state index >= 15 is 0 Å². The molecule has 0 bridgehead atoms. The minimum absolute atomic E-state index is 0.407. The molecule has 5 nitrogen and oxygen atoms in total. The van der Waals surface area contributed by atoms with Gasteiger partial charge in [0, 0.05) is 19.0 Å². The number of rotatable bonds is 7. The summed E-state index contributed by atoms with van der Waals surface area (Å²) in [6, 6.07) is 12.3. The summed E-state index contributed by atoms with van der Waals surface area (Å²) in [7, 11) is 0. The maximum absolute atomic E-state index is 5.46. The lowest BCUT2D eigenvalue weighted by atomic mass is 10.0. The summed E-state index contributed by atoms with van der Waals surface area (Å²) < 4.78 is 0. The van der Waals surface area contributed by atoms with Gasteiger partial charge >= 0.3 is 0 Å². The molecule has 2 aromatic rings. The highest BCUT2D eigenvalue weighted by Gasteiger charge is 2.07. The molecule has 0 aliphatic heterocycles. The first-order chi connectivity index (χ1) is 10.2. The third kappa shape index (κ3) is 4.43. The van der Waals surface area contributed by atoms with Crippen LogP contribution in [0.1, 0.15) is 37.6 Å². The van der Waals surface area contributed by atoms with E-state index in [9.17, 15) is 0 Å². The number of benzene rings is 1. The molecule has 2 rings (SSSR count). The van der Waals surface area contributed by atoms with Crippen molar-refractivity contribution in [2.75, 3.05) is 17.3 Å². The van der Waals surface area contributed by atoms with E-state index in [0.717, 1.165) is 31.0 Å². The van der Waals surface area contributed by atoms with Gasteiger partial charge in [0.2, 0.25) is 0 Å². The van der Waals surface area contributed by atoms with Gasteiger partial charge in [-0.1, -0.05) is 44.2 Å². The number of anilines is 2. The normalized spacial score (nSPS) is 12.0. The quantitative estimate of drug-likeness (QED) is 0.538. The number of aryl methyl sites for hydroxylation is 1. The van der Waals surface area contributed by atoms with Gasteiger partial charge in [-0.25, -0.2) is 15.8 Å². The van der Waals surface area contributed by atoms with Crippen molar-refractivity contribution in [1.29, 1.82) is 0 Å². The van der Waals surface area contributed by atoms with Gasteiger partial charge in [-0.2, -0.15) is 0 Å². The van der Waals surface area contributed by atoms with Gasteiger partial charge < -0.3 is 10.7 Å². The minimum Gasteiger partial charge on any atom is -0.369 e. The second-order valence-corrected chi connectivity index (χ2v) is 5.14. The van der Waals surface area contributed by atoms with E-state index in [1.807, 2.05) is 12.1 Å². The van der Waals surface area contributed by atoms with Crippen molar-refractivity contribution >= 4 is 11.6 Å². The first kappa shape index (κ1) is 15.3. The van der Waals surface area contributed by atoms with Crippen LogP contribution < -0.4 is 16.6 Å². The smallest absolute Gasteiger partial charge is 0.145 e. The molecule has 0 aliphatic carbocycles. The average molecular weight is 285 g/mol. The molecule has 0 spiro atoms. The third-order valence-electron chi connectivity index (χ3n) is 3.35. The van der Waals surface area contributed by atoms with Crippen LogP contribution in [-0.4, -0.2) is 16.5 Å². The molecule has 1 aromatic heterocycles. The Labute approximate surface area is 126 Å². The van der Waals surface area contributed by atoms with Crippen LogP contribution in [0.15, 0.2) is 36.4 Å². The molecule has 4 N–H and O–H groups in total. The molecule has 1 aromatic carbocycles. The number of nitrogens with zero attached hydrogens (tertiary/aromatic N) is 2. The van der Waals surface area contributed by atoms with Crippen LogP contribution in [0.25, 0.3) is 0 Å². The highest BCUT2D eigenvalue weighted by atomic mass is 15.3. The molecular weight excluding hydrogens is 262 g/mol.